The number of anilines is 1. The average Bonchev–Trinajstić information content (AvgIpc) is 2.27. The SMILES string of the molecule is C/C=C(\Br)C(=O)Nc1ccc(C(F)(F)F)cc1. The van der Waals surface area contributed by atoms with Gasteiger partial charge in [-0.1, -0.05) is 6.08 Å². The van der Waals surface area contributed by atoms with Crippen molar-refractivity contribution in [3.63, 3.8) is 0 Å². The molecule has 0 heterocycles. The molecule has 0 aliphatic carbocycles. The van der Waals surface area contributed by atoms with Gasteiger partial charge in [0.25, 0.3) is 5.91 Å². The van der Waals surface area contributed by atoms with Crippen LogP contribution in [0.15, 0.2) is 34.8 Å². The summed E-state index contributed by atoms with van der Waals surface area (Å²) < 4.78 is 37.1. The zero-order chi connectivity index (χ0) is 13.1. The largest absolute Gasteiger partial charge is 0.416 e. The van der Waals surface area contributed by atoms with E-state index in [9.17, 15) is 18.0 Å². The van der Waals surface area contributed by atoms with Gasteiger partial charge in [0.2, 0.25) is 0 Å². The van der Waals surface area contributed by atoms with Gasteiger partial charge in [-0.25, -0.2) is 0 Å². The number of nitrogens with one attached hydrogen (secondary N) is 1. The van der Waals surface area contributed by atoms with Crippen molar-refractivity contribution in [2.24, 2.45) is 0 Å². The molecule has 6 heteroatoms. The molecule has 1 amide bonds. The Morgan fingerprint density at radius 1 is 1.29 bits per heavy atom. The lowest BCUT2D eigenvalue weighted by molar-refractivity contribution is -0.137. The maximum absolute atomic E-state index is 12.3. The van der Waals surface area contributed by atoms with Gasteiger partial charge in [0.15, 0.2) is 0 Å². The molecule has 0 atom stereocenters. The highest BCUT2D eigenvalue weighted by Gasteiger charge is 2.29. The van der Waals surface area contributed by atoms with Crippen molar-refractivity contribution in [2.45, 2.75) is 13.1 Å². The van der Waals surface area contributed by atoms with Crippen LogP contribution in [-0.2, 0) is 11.0 Å². The highest BCUT2D eigenvalue weighted by molar-refractivity contribution is 9.12. The predicted octanol–water partition coefficient (Wildman–Crippen LogP) is 3.94. The third-order valence-corrected chi connectivity index (χ3v) is 2.76. The lowest BCUT2D eigenvalue weighted by Gasteiger charge is -2.08. The van der Waals surface area contributed by atoms with E-state index in [0.717, 1.165) is 12.1 Å². The third kappa shape index (κ3) is 3.89. The standard InChI is InChI=1S/C11H9BrF3NO/c1-2-9(12)10(17)16-8-5-3-7(4-6-8)11(13,14)15/h2-6H,1H3,(H,16,17)/b9-2-. The van der Waals surface area contributed by atoms with Gasteiger partial charge in [0.1, 0.15) is 0 Å². The van der Waals surface area contributed by atoms with Gasteiger partial charge in [0.05, 0.1) is 10.0 Å². The summed E-state index contributed by atoms with van der Waals surface area (Å²) in [4.78, 5) is 11.4. The van der Waals surface area contributed by atoms with E-state index in [4.69, 9.17) is 0 Å². The van der Waals surface area contributed by atoms with E-state index in [1.54, 1.807) is 13.0 Å². The van der Waals surface area contributed by atoms with Gasteiger partial charge in [-0.3, -0.25) is 4.79 Å². The second kappa shape index (κ2) is 5.35. The van der Waals surface area contributed by atoms with Crippen LogP contribution in [0.1, 0.15) is 12.5 Å². The number of halogens is 4. The van der Waals surface area contributed by atoms with Crippen LogP contribution in [-0.4, -0.2) is 5.91 Å². The molecule has 0 aliphatic heterocycles. The Balaban J connectivity index is 2.80. The van der Waals surface area contributed by atoms with Gasteiger partial charge >= 0.3 is 6.18 Å². The van der Waals surface area contributed by atoms with Crippen LogP contribution >= 0.6 is 15.9 Å². The topological polar surface area (TPSA) is 29.1 Å². The lowest BCUT2D eigenvalue weighted by Crippen LogP contribution is -2.11. The molecule has 0 fully saturated rings. The molecule has 0 unspecified atom stereocenters. The molecule has 0 radical (unpaired) electrons. The van der Waals surface area contributed by atoms with Gasteiger partial charge < -0.3 is 5.32 Å². The zero-order valence-corrected chi connectivity index (χ0v) is 10.4. The first-order valence-corrected chi connectivity index (χ1v) is 5.44. The smallest absolute Gasteiger partial charge is 0.322 e. The third-order valence-electron chi connectivity index (χ3n) is 1.94. The maximum atomic E-state index is 12.3. The van der Waals surface area contributed by atoms with E-state index in [2.05, 4.69) is 21.2 Å². The molecule has 0 aliphatic rings. The molecule has 0 bridgehead atoms. The molecule has 0 saturated carbocycles. The average molecular weight is 308 g/mol. The van der Waals surface area contributed by atoms with E-state index in [1.807, 2.05) is 0 Å². The van der Waals surface area contributed by atoms with Crippen molar-refractivity contribution < 1.29 is 18.0 Å². The van der Waals surface area contributed by atoms with E-state index >= 15 is 0 Å². The van der Waals surface area contributed by atoms with Gasteiger partial charge in [0, 0.05) is 5.69 Å². The van der Waals surface area contributed by atoms with Gasteiger partial charge in [-0.05, 0) is 47.1 Å². The molecule has 1 N–H and O–H groups in total. The Morgan fingerprint density at radius 2 is 1.82 bits per heavy atom. The number of benzene rings is 1. The molecule has 1 aromatic carbocycles. The van der Waals surface area contributed by atoms with Crippen molar-refractivity contribution in [3.05, 3.63) is 40.4 Å². The number of carbonyl (C=O) groups is 1. The summed E-state index contributed by atoms with van der Waals surface area (Å²) in [7, 11) is 0. The summed E-state index contributed by atoms with van der Waals surface area (Å²) in [5, 5.41) is 2.45. The number of carbonyl (C=O) groups excluding carboxylic acids is 1. The first kappa shape index (κ1) is 13.8. The lowest BCUT2D eigenvalue weighted by atomic mass is 10.2. The van der Waals surface area contributed by atoms with E-state index in [1.165, 1.54) is 12.1 Å². The quantitative estimate of drug-likeness (QED) is 0.824. The van der Waals surface area contributed by atoms with E-state index in [0.29, 0.717) is 10.2 Å². The number of hydrogen-bond acceptors (Lipinski definition) is 1. The van der Waals surface area contributed by atoms with Crippen molar-refractivity contribution in [1.82, 2.24) is 0 Å². The summed E-state index contributed by atoms with van der Waals surface area (Å²) in [6.45, 7) is 1.66. The first-order valence-electron chi connectivity index (χ1n) is 4.65. The van der Waals surface area contributed by atoms with Crippen LogP contribution in [0.3, 0.4) is 0 Å². The number of alkyl halides is 3. The Kier molecular flexibility index (Phi) is 4.34. The van der Waals surface area contributed by atoms with Crippen molar-refractivity contribution in [1.29, 1.82) is 0 Å². The van der Waals surface area contributed by atoms with Crippen molar-refractivity contribution in [2.75, 3.05) is 5.32 Å². The Labute approximate surface area is 105 Å². The Bertz CT molecular complexity index is 437. The number of rotatable bonds is 2. The van der Waals surface area contributed by atoms with Crippen LogP contribution in [0.25, 0.3) is 0 Å². The highest BCUT2D eigenvalue weighted by atomic mass is 79.9. The first-order chi connectivity index (χ1) is 7.84. The minimum Gasteiger partial charge on any atom is -0.322 e. The molecular weight excluding hydrogens is 299 g/mol. The second-order valence-corrected chi connectivity index (χ2v) is 4.02. The van der Waals surface area contributed by atoms with Gasteiger partial charge in [-0.15, -0.1) is 0 Å². The molecule has 2 nitrogen and oxygen atoms in total. The van der Waals surface area contributed by atoms with Crippen LogP contribution in [0, 0.1) is 0 Å². The second-order valence-electron chi connectivity index (χ2n) is 3.17. The minimum atomic E-state index is -4.37. The fourth-order valence-electron chi connectivity index (χ4n) is 1.06. The maximum Gasteiger partial charge on any atom is 0.416 e. The molecule has 92 valence electrons. The number of allylic oxidation sites excluding steroid dienone is 1. The normalized spacial score (nSPS) is 12.4. The molecule has 0 spiro atoms. The molecule has 0 saturated heterocycles. The van der Waals surface area contributed by atoms with Crippen molar-refractivity contribution >= 4 is 27.5 Å². The van der Waals surface area contributed by atoms with Crippen LogP contribution < -0.4 is 5.32 Å². The van der Waals surface area contributed by atoms with E-state index < -0.39 is 17.6 Å². The molecule has 1 aromatic rings. The number of amides is 1. The summed E-state index contributed by atoms with van der Waals surface area (Å²) in [5.41, 5.74) is -0.442. The summed E-state index contributed by atoms with van der Waals surface area (Å²) >= 11 is 3.01. The Hall–Kier alpha value is -1.30. The number of hydrogen-bond donors (Lipinski definition) is 1. The fraction of sp³-hybridized carbons (Fsp3) is 0.182. The van der Waals surface area contributed by atoms with Crippen LogP contribution in [0.5, 0.6) is 0 Å². The van der Waals surface area contributed by atoms with Crippen LogP contribution in [0.2, 0.25) is 0 Å². The summed E-state index contributed by atoms with van der Waals surface area (Å²) in [5.74, 6) is -0.410. The summed E-state index contributed by atoms with van der Waals surface area (Å²) in [6.07, 6.45) is -2.83. The molecular formula is C11H9BrF3NO. The Morgan fingerprint density at radius 3 is 2.24 bits per heavy atom. The zero-order valence-electron chi connectivity index (χ0n) is 8.81. The molecule has 1 rings (SSSR count). The van der Waals surface area contributed by atoms with Gasteiger partial charge in [-0.2, -0.15) is 13.2 Å². The summed E-state index contributed by atoms with van der Waals surface area (Å²) in [6, 6.07) is 4.24. The van der Waals surface area contributed by atoms with E-state index in [-0.39, 0.29) is 0 Å². The molecule has 17 heavy (non-hydrogen) atoms. The highest BCUT2D eigenvalue weighted by Crippen LogP contribution is 2.29. The van der Waals surface area contributed by atoms with Crippen molar-refractivity contribution in [3.8, 4) is 0 Å². The minimum absolute atomic E-state index is 0.307. The fourth-order valence-corrected chi connectivity index (χ4v) is 1.16. The predicted molar refractivity (Wildman–Crippen MR) is 62.8 cm³/mol. The van der Waals surface area contributed by atoms with Crippen LogP contribution in [0.4, 0.5) is 18.9 Å². The monoisotopic (exact) mass is 307 g/mol. The molecule has 0 aromatic heterocycles.